The first kappa shape index (κ1) is 28.5. The standard InChI is InChI=1S/C29H35N5O6S/c1-5-8-26-30-18(3)27-29(35)31-28(32-34(26)27)22-16-21(12-14-23(22)39-6-2)41(36,37)33-20-11-13-24(25(15-20)38-4)40-17-19-9-7-10-19/h11-16,19,33H,5-10,17H2,1-4H3,(H,31,32,35). The quantitative estimate of drug-likeness (QED) is 0.245. The molecule has 5 rings (SSSR count). The molecular formula is C29H35N5O6S. The number of imidazole rings is 1. The molecule has 2 N–H and O–H groups in total. The zero-order valence-electron chi connectivity index (χ0n) is 23.7. The van der Waals surface area contributed by atoms with Crippen molar-refractivity contribution in [3.63, 3.8) is 0 Å². The molecule has 1 saturated carbocycles. The third kappa shape index (κ3) is 5.88. The van der Waals surface area contributed by atoms with E-state index in [-0.39, 0.29) is 16.3 Å². The smallest absolute Gasteiger partial charge is 0.277 e. The fourth-order valence-electron chi connectivity index (χ4n) is 4.82. The Hall–Kier alpha value is -4.06. The lowest BCUT2D eigenvalue weighted by Gasteiger charge is -2.25. The van der Waals surface area contributed by atoms with Crippen LogP contribution < -0.4 is 24.5 Å². The highest BCUT2D eigenvalue weighted by Crippen LogP contribution is 2.35. The summed E-state index contributed by atoms with van der Waals surface area (Å²) >= 11 is 0. The van der Waals surface area contributed by atoms with Gasteiger partial charge in [0.25, 0.3) is 15.6 Å². The van der Waals surface area contributed by atoms with Crippen LogP contribution in [0.4, 0.5) is 5.69 Å². The number of H-pyrrole nitrogens is 1. The van der Waals surface area contributed by atoms with Gasteiger partial charge < -0.3 is 19.2 Å². The van der Waals surface area contributed by atoms with Crippen LogP contribution in [-0.2, 0) is 16.4 Å². The van der Waals surface area contributed by atoms with Crippen molar-refractivity contribution >= 4 is 21.2 Å². The first-order valence-corrected chi connectivity index (χ1v) is 15.3. The minimum Gasteiger partial charge on any atom is -0.493 e. The number of ether oxygens (including phenoxy) is 3. The highest BCUT2D eigenvalue weighted by Gasteiger charge is 2.22. The van der Waals surface area contributed by atoms with E-state index in [2.05, 4.69) is 19.8 Å². The monoisotopic (exact) mass is 581 g/mol. The lowest BCUT2D eigenvalue weighted by molar-refractivity contribution is 0.176. The fraction of sp³-hybridized carbons (Fsp3) is 0.414. The van der Waals surface area contributed by atoms with Crippen molar-refractivity contribution in [2.75, 3.05) is 25.0 Å². The summed E-state index contributed by atoms with van der Waals surface area (Å²) in [6.07, 6.45) is 5.00. The molecule has 1 aliphatic carbocycles. The average molecular weight is 582 g/mol. The Labute approximate surface area is 238 Å². The third-order valence-corrected chi connectivity index (χ3v) is 8.53. The lowest BCUT2D eigenvalue weighted by Crippen LogP contribution is -2.19. The number of nitrogens with one attached hydrogen (secondary N) is 2. The van der Waals surface area contributed by atoms with Gasteiger partial charge >= 0.3 is 0 Å². The van der Waals surface area contributed by atoms with E-state index in [0.29, 0.717) is 71.1 Å². The molecule has 2 aromatic carbocycles. The molecule has 0 atom stereocenters. The Bertz CT molecular complexity index is 1730. The highest BCUT2D eigenvalue weighted by atomic mass is 32.2. The molecule has 12 heteroatoms. The van der Waals surface area contributed by atoms with Crippen LogP contribution in [-0.4, -0.2) is 48.3 Å². The van der Waals surface area contributed by atoms with Crippen molar-refractivity contribution in [2.24, 2.45) is 5.92 Å². The summed E-state index contributed by atoms with van der Waals surface area (Å²) < 4.78 is 48.3. The second-order valence-corrected chi connectivity index (χ2v) is 11.8. The molecule has 0 saturated heterocycles. The molecule has 0 bridgehead atoms. The molecule has 0 spiro atoms. The molecule has 0 radical (unpaired) electrons. The van der Waals surface area contributed by atoms with E-state index >= 15 is 0 Å². The number of fused-ring (bicyclic) bond motifs is 1. The van der Waals surface area contributed by atoms with Crippen molar-refractivity contribution in [1.82, 2.24) is 19.6 Å². The largest absolute Gasteiger partial charge is 0.493 e. The van der Waals surface area contributed by atoms with Gasteiger partial charge in [-0.1, -0.05) is 13.3 Å². The van der Waals surface area contributed by atoms with Crippen LogP contribution in [0.2, 0.25) is 0 Å². The van der Waals surface area contributed by atoms with E-state index in [1.54, 1.807) is 31.2 Å². The van der Waals surface area contributed by atoms with E-state index in [1.165, 1.54) is 30.2 Å². The maximum absolute atomic E-state index is 13.5. The molecule has 0 amide bonds. The normalized spacial score (nSPS) is 13.7. The van der Waals surface area contributed by atoms with Gasteiger partial charge in [0.15, 0.2) is 22.8 Å². The third-order valence-electron chi connectivity index (χ3n) is 7.15. The second-order valence-electron chi connectivity index (χ2n) is 10.1. The van der Waals surface area contributed by atoms with Crippen molar-refractivity contribution < 1.29 is 22.6 Å². The van der Waals surface area contributed by atoms with Gasteiger partial charge in [0.05, 0.1) is 42.2 Å². The molecule has 0 aliphatic heterocycles. The first-order chi connectivity index (χ1) is 19.7. The Morgan fingerprint density at radius 2 is 1.85 bits per heavy atom. The molecule has 2 heterocycles. The number of rotatable bonds is 12. The highest BCUT2D eigenvalue weighted by molar-refractivity contribution is 7.92. The number of benzene rings is 2. The van der Waals surface area contributed by atoms with E-state index in [0.717, 1.165) is 19.3 Å². The van der Waals surface area contributed by atoms with E-state index < -0.39 is 10.0 Å². The molecule has 41 heavy (non-hydrogen) atoms. The minimum absolute atomic E-state index is 0.0291. The molecule has 4 aromatic rings. The van der Waals surface area contributed by atoms with Crippen LogP contribution in [0.1, 0.15) is 51.0 Å². The molecule has 11 nitrogen and oxygen atoms in total. The van der Waals surface area contributed by atoms with E-state index in [4.69, 9.17) is 14.2 Å². The van der Waals surface area contributed by atoms with Crippen LogP contribution in [0.3, 0.4) is 0 Å². The number of hydrogen-bond acceptors (Lipinski definition) is 8. The molecule has 0 unspecified atom stereocenters. The van der Waals surface area contributed by atoms with Crippen LogP contribution in [0.25, 0.3) is 16.9 Å². The molecule has 1 aliphatic rings. The maximum atomic E-state index is 13.5. The SMILES string of the molecule is CCCc1nc(C)c2c(=O)[nH]c(-c3cc(S(=O)(=O)Nc4ccc(OCC5CCC5)c(OC)c4)ccc3OCC)nn12. The van der Waals surface area contributed by atoms with E-state index in [1.807, 2.05) is 13.8 Å². The van der Waals surface area contributed by atoms with Gasteiger partial charge in [0.2, 0.25) is 0 Å². The topological polar surface area (TPSA) is 137 Å². The number of aryl methyl sites for hydroxylation is 2. The van der Waals surface area contributed by atoms with Crippen molar-refractivity contribution in [3.05, 3.63) is 58.3 Å². The minimum atomic E-state index is -4.04. The average Bonchev–Trinajstić information content (AvgIpc) is 3.24. The van der Waals surface area contributed by atoms with Crippen LogP contribution in [0.15, 0.2) is 46.1 Å². The number of aromatic amines is 1. The van der Waals surface area contributed by atoms with Crippen LogP contribution >= 0.6 is 0 Å². The number of hydrogen-bond donors (Lipinski definition) is 2. The maximum Gasteiger partial charge on any atom is 0.277 e. The van der Waals surface area contributed by atoms with Gasteiger partial charge in [-0.3, -0.25) is 9.52 Å². The summed E-state index contributed by atoms with van der Waals surface area (Å²) in [5.41, 5.74) is 1.21. The van der Waals surface area contributed by atoms with Gasteiger partial charge in [-0.05, 0) is 69.4 Å². The van der Waals surface area contributed by atoms with Gasteiger partial charge in [0.1, 0.15) is 11.6 Å². The Morgan fingerprint density at radius 3 is 2.54 bits per heavy atom. The predicted molar refractivity (Wildman–Crippen MR) is 156 cm³/mol. The Morgan fingerprint density at radius 1 is 1.07 bits per heavy atom. The molecule has 218 valence electrons. The van der Waals surface area contributed by atoms with Crippen molar-refractivity contribution in [3.8, 4) is 28.6 Å². The summed E-state index contributed by atoms with van der Waals surface area (Å²) in [6, 6.07) is 9.37. The first-order valence-electron chi connectivity index (χ1n) is 13.8. The Balaban J connectivity index is 1.49. The summed E-state index contributed by atoms with van der Waals surface area (Å²) in [5.74, 6) is 2.77. The number of anilines is 1. The summed E-state index contributed by atoms with van der Waals surface area (Å²) in [7, 11) is -2.53. The number of aromatic nitrogens is 4. The fourth-order valence-corrected chi connectivity index (χ4v) is 5.89. The second kappa shape index (κ2) is 11.8. The zero-order chi connectivity index (χ0) is 29.1. The summed E-state index contributed by atoms with van der Waals surface area (Å²) in [4.78, 5) is 20.3. The van der Waals surface area contributed by atoms with E-state index in [9.17, 15) is 13.2 Å². The van der Waals surface area contributed by atoms with Crippen LogP contribution in [0, 0.1) is 12.8 Å². The number of methoxy groups -OCH3 is 1. The van der Waals surface area contributed by atoms with Gasteiger partial charge in [-0.15, -0.1) is 5.10 Å². The van der Waals surface area contributed by atoms with Crippen molar-refractivity contribution in [2.45, 2.75) is 57.8 Å². The summed E-state index contributed by atoms with van der Waals surface area (Å²) in [6.45, 7) is 6.55. The lowest BCUT2D eigenvalue weighted by atomic mass is 9.86. The Kier molecular flexibility index (Phi) is 8.20. The zero-order valence-corrected chi connectivity index (χ0v) is 24.5. The summed E-state index contributed by atoms with van der Waals surface area (Å²) in [5, 5.41) is 4.64. The molecule has 2 aromatic heterocycles. The number of sulfonamides is 1. The van der Waals surface area contributed by atoms with Crippen molar-refractivity contribution in [1.29, 1.82) is 0 Å². The number of nitrogens with zero attached hydrogens (tertiary/aromatic N) is 3. The predicted octanol–water partition coefficient (Wildman–Crippen LogP) is 4.73. The van der Waals surface area contributed by atoms with Gasteiger partial charge in [-0.25, -0.2) is 17.9 Å². The van der Waals surface area contributed by atoms with Gasteiger partial charge in [-0.2, -0.15) is 0 Å². The van der Waals surface area contributed by atoms with Crippen LogP contribution in [0.5, 0.6) is 17.2 Å². The molecule has 1 fully saturated rings. The molecular weight excluding hydrogens is 546 g/mol. The van der Waals surface area contributed by atoms with Gasteiger partial charge in [0, 0.05) is 12.5 Å².